The van der Waals surface area contributed by atoms with E-state index in [1.165, 1.54) is 48.3 Å². The van der Waals surface area contributed by atoms with Gasteiger partial charge in [-0.1, -0.05) is 11.6 Å². The van der Waals surface area contributed by atoms with Crippen molar-refractivity contribution in [2.24, 2.45) is 18.9 Å². The van der Waals surface area contributed by atoms with Gasteiger partial charge in [0.25, 0.3) is 11.8 Å². The van der Waals surface area contributed by atoms with Gasteiger partial charge in [0, 0.05) is 62.3 Å². The van der Waals surface area contributed by atoms with Gasteiger partial charge in [0.1, 0.15) is 5.60 Å². The van der Waals surface area contributed by atoms with Crippen LogP contribution in [0.15, 0.2) is 49.1 Å². The predicted molar refractivity (Wildman–Crippen MR) is 162 cm³/mol. The van der Waals surface area contributed by atoms with Crippen molar-refractivity contribution in [1.29, 1.82) is 0 Å². The summed E-state index contributed by atoms with van der Waals surface area (Å²) in [5.74, 6) is -1.12. The largest absolute Gasteiger partial charge is 0.444 e. The third-order valence-electron chi connectivity index (χ3n) is 7.82. The second-order valence-electron chi connectivity index (χ2n) is 12.3. The quantitative estimate of drug-likeness (QED) is 0.303. The summed E-state index contributed by atoms with van der Waals surface area (Å²) >= 11 is 6.40. The SMILES string of the molecule is Cn1c(-c2cn(-c3ncccn3)nc2C(F)(F)F)cnc1C(=O)Nc1ccc(C(=O)NC2[C@H]3CN(C(=O)OC(C)(C)C)C[C@@H]23)c(Cl)c1. The lowest BCUT2D eigenvalue weighted by atomic mass is 10.2. The number of ether oxygens (including phenoxy) is 1. The molecule has 0 bridgehead atoms. The lowest BCUT2D eigenvalue weighted by Gasteiger charge is -2.26. The number of benzene rings is 1. The molecule has 4 heterocycles. The van der Waals surface area contributed by atoms with Crippen molar-refractivity contribution in [3.05, 3.63) is 71.2 Å². The molecule has 0 spiro atoms. The summed E-state index contributed by atoms with van der Waals surface area (Å²) < 4.78 is 49.3. The highest BCUT2D eigenvalue weighted by Gasteiger charge is 2.58. The fourth-order valence-corrected chi connectivity index (χ4v) is 5.83. The highest BCUT2D eigenvalue weighted by Crippen LogP contribution is 2.46. The number of hydrogen-bond donors (Lipinski definition) is 2. The van der Waals surface area contributed by atoms with Crippen LogP contribution >= 0.6 is 11.6 Å². The smallest absolute Gasteiger partial charge is 0.435 e. The minimum Gasteiger partial charge on any atom is -0.444 e. The van der Waals surface area contributed by atoms with Crippen LogP contribution in [0.4, 0.5) is 23.7 Å². The van der Waals surface area contributed by atoms with Gasteiger partial charge in [-0.2, -0.15) is 18.3 Å². The minimum atomic E-state index is -4.81. The third kappa shape index (κ3) is 6.50. The molecule has 3 atom stereocenters. The molecule has 1 aliphatic heterocycles. The normalized spacial score (nSPS) is 18.9. The van der Waals surface area contributed by atoms with Crippen LogP contribution in [0.1, 0.15) is 47.4 Å². The van der Waals surface area contributed by atoms with E-state index in [9.17, 15) is 27.6 Å². The van der Waals surface area contributed by atoms with Crippen LogP contribution < -0.4 is 10.6 Å². The number of alkyl halides is 3. The van der Waals surface area contributed by atoms with Crippen LogP contribution in [-0.4, -0.2) is 76.8 Å². The van der Waals surface area contributed by atoms with Crippen LogP contribution in [0.5, 0.6) is 0 Å². The van der Waals surface area contributed by atoms with E-state index in [0.29, 0.717) is 13.1 Å². The third-order valence-corrected chi connectivity index (χ3v) is 8.13. The molecule has 17 heteroatoms. The monoisotopic (exact) mass is 671 g/mol. The number of nitrogens with one attached hydrogen (secondary N) is 2. The topological polar surface area (TPSA) is 149 Å². The second kappa shape index (κ2) is 11.7. The molecule has 2 aliphatic rings. The van der Waals surface area contributed by atoms with E-state index in [0.717, 1.165) is 17.1 Å². The molecule has 1 unspecified atom stereocenters. The fraction of sp³-hybridized carbons (Fsp3) is 0.367. The number of likely N-dealkylation sites (tertiary alicyclic amines) is 1. The van der Waals surface area contributed by atoms with Crippen LogP contribution in [0.25, 0.3) is 17.2 Å². The highest BCUT2D eigenvalue weighted by atomic mass is 35.5. The first-order valence-electron chi connectivity index (χ1n) is 14.5. The number of halogens is 4. The molecule has 0 radical (unpaired) electrons. The fourth-order valence-electron chi connectivity index (χ4n) is 5.56. The lowest BCUT2D eigenvalue weighted by molar-refractivity contribution is -0.140. The van der Waals surface area contributed by atoms with Crippen molar-refractivity contribution in [3.63, 3.8) is 0 Å². The first-order valence-corrected chi connectivity index (χ1v) is 14.8. The van der Waals surface area contributed by atoms with Gasteiger partial charge in [0.15, 0.2) is 11.5 Å². The van der Waals surface area contributed by atoms with Gasteiger partial charge in [0.05, 0.1) is 28.0 Å². The number of piperidine rings is 1. The Hall–Kier alpha value is -4.99. The molecule has 2 N–H and O–H groups in total. The van der Waals surface area contributed by atoms with Crippen molar-refractivity contribution in [2.75, 3.05) is 18.4 Å². The van der Waals surface area contributed by atoms with E-state index in [1.807, 2.05) is 0 Å². The number of rotatable bonds is 6. The number of nitrogens with zero attached hydrogens (tertiary/aromatic N) is 7. The van der Waals surface area contributed by atoms with E-state index in [4.69, 9.17) is 16.3 Å². The molecule has 13 nitrogen and oxygen atoms in total. The summed E-state index contributed by atoms with van der Waals surface area (Å²) in [6.45, 7) is 6.38. The Balaban J connectivity index is 1.11. The Morgan fingerprint density at radius 1 is 1.02 bits per heavy atom. The maximum atomic E-state index is 13.9. The average Bonchev–Trinajstić information content (AvgIpc) is 3.42. The molecule has 246 valence electrons. The average molecular weight is 672 g/mol. The first kappa shape index (κ1) is 32.0. The number of carbonyl (C=O) groups excluding carboxylic acids is 3. The Kier molecular flexibility index (Phi) is 7.94. The Labute approximate surface area is 271 Å². The number of imidazole rings is 1. The second-order valence-corrected chi connectivity index (χ2v) is 12.7. The Morgan fingerprint density at radius 2 is 1.70 bits per heavy atom. The maximum absolute atomic E-state index is 13.9. The zero-order chi connectivity index (χ0) is 33.8. The molecule has 1 saturated carbocycles. The van der Waals surface area contributed by atoms with E-state index in [2.05, 4.69) is 30.7 Å². The van der Waals surface area contributed by atoms with Crippen molar-refractivity contribution in [1.82, 2.24) is 39.5 Å². The molecule has 3 aromatic heterocycles. The molecular formula is C30H29ClF3N9O4. The summed E-state index contributed by atoms with van der Waals surface area (Å²) in [5.41, 5.74) is -1.70. The standard InChI is InChI=1S/C30H29ClF3N9O4/c1-29(2,3)47-28(46)42-12-17-18(13-42)22(17)39-25(44)16-7-6-15(10-20(16)31)38-26(45)24-37-11-21(41(24)4)19-14-43(27-35-8-5-9-36-27)40-23(19)30(32,33)34/h5-11,14,17-18,22H,12-13H2,1-4H3,(H,38,45)(H,39,44)/t17-,18+,22?. The first-order chi connectivity index (χ1) is 22.1. The van der Waals surface area contributed by atoms with E-state index < -0.39 is 29.3 Å². The number of hydrogen-bond acceptors (Lipinski definition) is 8. The van der Waals surface area contributed by atoms with E-state index in [-0.39, 0.29) is 63.3 Å². The number of amides is 3. The number of anilines is 1. The van der Waals surface area contributed by atoms with Gasteiger partial charge in [-0.25, -0.2) is 24.4 Å². The molecule has 2 fully saturated rings. The van der Waals surface area contributed by atoms with Gasteiger partial charge >= 0.3 is 12.3 Å². The van der Waals surface area contributed by atoms with Crippen molar-refractivity contribution >= 4 is 35.2 Å². The predicted octanol–water partition coefficient (Wildman–Crippen LogP) is 4.58. The lowest BCUT2D eigenvalue weighted by Crippen LogP contribution is -2.40. The van der Waals surface area contributed by atoms with E-state index >= 15 is 0 Å². The number of fused-ring (bicyclic) bond motifs is 1. The van der Waals surface area contributed by atoms with Crippen molar-refractivity contribution < 1.29 is 32.3 Å². The zero-order valence-electron chi connectivity index (χ0n) is 25.5. The molecule has 6 rings (SSSR count). The van der Waals surface area contributed by atoms with Gasteiger partial charge in [-0.05, 0) is 45.0 Å². The Morgan fingerprint density at radius 3 is 2.32 bits per heavy atom. The molecule has 47 heavy (non-hydrogen) atoms. The molecule has 4 aromatic rings. The van der Waals surface area contributed by atoms with Crippen LogP contribution in [0, 0.1) is 11.8 Å². The molecule has 1 saturated heterocycles. The van der Waals surface area contributed by atoms with Gasteiger partial charge in [-0.15, -0.1) is 0 Å². The number of carbonyl (C=O) groups is 3. The summed E-state index contributed by atoms with van der Waals surface area (Å²) in [6, 6.07) is 5.74. The zero-order valence-corrected chi connectivity index (χ0v) is 26.3. The molecular weight excluding hydrogens is 643 g/mol. The summed E-state index contributed by atoms with van der Waals surface area (Å²) in [7, 11) is 1.40. The number of aromatic nitrogens is 6. The van der Waals surface area contributed by atoms with Crippen molar-refractivity contribution in [3.8, 4) is 17.2 Å². The van der Waals surface area contributed by atoms with Gasteiger partial charge < -0.3 is 24.8 Å². The maximum Gasteiger partial charge on any atom is 0.435 e. The van der Waals surface area contributed by atoms with E-state index in [1.54, 1.807) is 25.7 Å². The van der Waals surface area contributed by atoms with Crippen molar-refractivity contribution in [2.45, 2.75) is 38.6 Å². The molecule has 3 amide bonds. The van der Waals surface area contributed by atoms with Crippen LogP contribution in [0.3, 0.4) is 0 Å². The Bertz CT molecular complexity index is 1860. The summed E-state index contributed by atoms with van der Waals surface area (Å²) in [6.07, 6.45) is -0.197. The van der Waals surface area contributed by atoms with Gasteiger partial charge in [-0.3, -0.25) is 9.59 Å². The minimum absolute atomic E-state index is 0.0197. The van der Waals surface area contributed by atoms with Crippen LogP contribution in [-0.2, 0) is 18.0 Å². The molecule has 1 aliphatic carbocycles. The molecule has 1 aromatic carbocycles. The summed E-state index contributed by atoms with van der Waals surface area (Å²) in [4.78, 5) is 52.0. The highest BCUT2D eigenvalue weighted by molar-refractivity contribution is 6.34. The van der Waals surface area contributed by atoms with Crippen LogP contribution in [0.2, 0.25) is 5.02 Å². The van der Waals surface area contributed by atoms with Gasteiger partial charge in [0.2, 0.25) is 5.95 Å². The summed E-state index contributed by atoms with van der Waals surface area (Å²) in [5, 5.41) is 9.29.